The van der Waals surface area contributed by atoms with E-state index in [9.17, 15) is 4.79 Å². The van der Waals surface area contributed by atoms with Gasteiger partial charge in [-0.15, -0.1) is 0 Å². The maximum Gasteiger partial charge on any atom is 0.285 e. The van der Waals surface area contributed by atoms with Crippen LogP contribution in [0.1, 0.15) is 15.9 Å². The van der Waals surface area contributed by atoms with Gasteiger partial charge in [0.2, 0.25) is 0 Å². The van der Waals surface area contributed by atoms with Crippen LogP contribution in [0.5, 0.6) is 0 Å². The summed E-state index contributed by atoms with van der Waals surface area (Å²) in [6, 6.07) is 8.09. The molecule has 0 spiro atoms. The van der Waals surface area contributed by atoms with Gasteiger partial charge in [0.15, 0.2) is 0 Å². The Labute approximate surface area is 80.3 Å². The molecule has 1 amide bonds. The van der Waals surface area contributed by atoms with Crippen LogP contribution in [0.4, 0.5) is 0 Å². The van der Waals surface area contributed by atoms with Crippen molar-refractivity contribution in [2.75, 3.05) is 0 Å². The SMILES string of the molecule is N#Cc1ccc(C(=O)N=C=S)cc1. The number of rotatable bonds is 1. The zero-order valence-electron chi connectivity index (χ0n) is 6.52. The van der Waals surface area contributed by atoms with Gasteiger partial charge in [-0.3, -0.25) is 4.79 Å². The second kappa shape index (κ2) is 4.27. The number of benzene rings is 1. The minimum Gasteiger partial charge on any atom is -0.266 e. The molecule has 3 nitrogen and oxygen atoms in total. The Hall–Kier alpha value is -1.82. The van der Waals surface area contributed by atoms with Crippen LogP contribution in [0.15, 0.2) is 29.3 Å². The Morgan fingerprint density at radius 3 is 2.46 bits per heavy atom. The first-order valence-corrected chi connectivity index (χ1v) is 3.81. The van der Waals surface area contributed by atoms with Crippen LogP contribution in [0.2, 0.25) is 0 Å². The number of hydrogen-bond donors (Lipinski definition) is 0. The first-order valence-electron chi connectivity index (χ1n) is 3.40. The molecule has 0 aromatic heterocycles. The predicted molar refractivity (Wildman–Crippen MR) is 50.5 cm³/mol. The molecule has 1 aromatic carbocycles. The molecule has 0 bridgehead atoms. The number of aliphatic imine (C=N–C) groups is 1. The zero-order chi connectivity index (χ0) is 9.68. The monoisotopic (exact) mass is 188 g/mol. The van der Waals surface area contributed by atoms with Crippen molar-refractivity contribution in [3.05, 3.63) is 35.4 Å². The van der Waals surface area contributed by atoms with Gasteiger partial charge in [-0.05, 0) is 36.5 Å². The number of carbonyl (C=O) groups is 1. The lowest BCUT2D eigenvalue weighted by Crippen LogP contribution is -1.93. The number of amides is 1. The van der Waals surface area contributed by atoms with E-state index < -0.39 is 5.91 Å². The van der Waals surface area contributed by atoms with E-state index in [0.29, 0.717) is 11.1 Å². The van der Waals surface area contributed by atoms with Crippen LogP contribution in [0.3, 0.4) is 0 Å². The quantitative estimate of drug-likeness (QED) is 0.498. The third kappa shape index (κ3) is 2.31. The first-order chi connectivity index (χ1) is 6.27. The minimum atomic E-state index is -0.445. The van der Waals surface area contributed by atoms with Gasteiger partial charge < -0.3 is 0 Å². The summed E-state index contributed by atoms with van der Waals surface area (Å²) in [6.07, 6.45) is 0. The second-order valence-corrected chi connectivity index (χ2v) is 2.38. The van der Waals surface area contributed by atoms with Gasteiger partial charge >= 0.3 is 0 Å². The van der Waals surface area contributed by atoms with Crippen LogP contribution < -0.4 is 0 Å². The summed E-state index contributed by atoms with van der Waals surface area (Å²) in [4.78, 5) is 14.4. The number of nitriles is 1. The van der Waals surface area contributed by atoms with Crippen LogP contribution in [0, 0.1) is 11.3 Å². The van der Waals surface area contributed by atoms with Crippen LogP contribution in [0.25, 0.3) is 0 Å². The van der Waals surface area contributed by atoms with Crippen LogP contribution in [-0.4, -0.2) is 11.1 Å². The van der Waals surface area contributed by atoms with Crippen molar-refractivity contribution in [3.63, 3.8) is 0 Å². The molecular weight excluding hydrogens is 184 g/mol. The summed E-state index contributed by atoms with van der Waals surface area (Å²) in [5.74, 6) is -0.445. The van der Waals surface area contributed by atoms with Gasteiger partial charge in [-0.1, -0.05) is 0 Å². The van der Waals surface area contributed by atoms with E-state index in [1.807, 2.05) is 11.2 Å². The van der Waals surface area contributed by atoms with E-state index in [-0.39, 0.29) is 0 Å². The molecular formula is C9H4N2OS. The number of carbonyl (C=O) groups excluding carboxylic acids is 1. The molecule has 0 aliphatic rings. The van der Waals surface area contributed by atoms with E-state index >= 15 is 0 Å². The Balaban J connectivity index is 3.00. The van der Waals surface area contributed by atoms with Crippen molar-refractivity contribution >= 4 is 23.3 Å². The molecule has 62 valence electrons. The van der Waals surface area contributed by atoms with Crippen molar-refractivity contribution in [1.82, 2.24) is 0 Å². The highest BCUT2D eigenvalue weighted by molar-refractivity contribution is 7.78. The third-order valence-corrected chi connectivity index (χ3v) is 1.50. The van der Waals surface area contributed by atoms with E-state index in [1.165, 1.54) is 12.1 Å². The summed E-state index contributed by atoms with van der Waals surface area (Å²) < 4.78 is 0. The third-order valence-electron chi connectivity index (χ3n) is 1.41. The Kier molecular flexibility index (Phi) is 3.04. The number of thiocarbonyl (C=S) groups is 1. The van der Waals surface area contributed by atoms with Crippen LogP contribution >= 0.6 is 12.2 Å². The molecule has 0 aliphatic carbocycles. The summed E-state index contributed by atoms with van der Waals surface area (Å²) in [7, 11) is 0. The molecule has 0 saturated carbocycles. The number of hydrogen-bond acceptors (Lipinski definition) is 3. The van der Waals surface area contributed by atoms with Crippen molar-refractivity contribution in [3.8, 4) is 6.07 Å². The summed E-state index contributed by atoms with van der Waals surface area (Å²) >= 11 is 4.29. The Morgan fingerprint density at radius 1 is 1.38 bits per heavy atom. The minimum absolute atomic E-state index is 0.399. The normalized spacial score (nSPS) is 8.23. The highest BCUT2D eigenvalue weighted by Crippen LogP contribution is 2.04. The lowest BCUT2D eigenvalue weighted by atomic mass is 10.1. The van der Waals surface area contributed by atoms with Crippen molar-refractivity contribution in [2.45, 2.75) is 0 Å². The predicted octanol–water partition coefficient (Wildman–Crippen LogP) is 1.80. The van der Waals surface area contributed by atoms with E-state index in [4.69, 9.17) is 5.26 Å². The van der Waals surface area contributed by atoms with Gasteiger partial charge in [0.05, 0.1) is 16.8 Å². The van der Waals surface area contributed by atoms with E-state index in [2.05, 4.69) is 17.2 Å². The lowest BCUT2D eigenvalue weighted by molar-refractivity contribution is 0.100. The first kappa shape index (κ1) is 9.27. The Morgan fingerprint density at radius 2 is 2.00 bits per heavy atom. The van der Waals surface area contributed by atoms with Gasteiger partial charge in [0.1, 0.15) is 0 Å². The number of isothiocyanates is 1. The summed E-state index contributed by atoms with van der Waals surface area (Å²) in [5.41, 5.74) is 0.902. The van der Waals surface area contributed by atoms with Crippen LogP contribution in [-0.2, 0) is 0 Å². The molecule has 0 N–H and O–H groups in total. The second-order valence-electron chi connectivity index (χ2n) is 2.20. The van der Waals surface area contributed by atoms with Gasteiger partial charge in [0.25, 0.3) is 5.91 Å². The average Bonchev–Trinajstić information content (AvgIpc) is 2.18. The van der Waals surface area contributed by atoms with Gasteiger partial charge in [-0.25, -0.2) is 0 Å². The molecule has 4 heteroatoms. The van der Waals surface area contributed by atoms with E-state index in [1.54, 1.807) is 12.1 Å². The van der Waals surface area contributed by atoms with Gasteiger partial charge in [-0.2, -0.15) is 10.3 Å². The van der Waals surface area contributed by atoms with Crippen molar-refractivity contribution in [2.24, 2.45) is 4.99 Å². The zero-order valence-corrected chi connectivity index (χ0v) is 7.34. The smallest absolute Gasteiger partial charge is 0.266 e. The van der Waals surface area contributed by atoms with Crippen molar-refractivity contribution < 1.29 is 4.79 Å². The highest BCUT2D eigenvalue weighted by Gasteiger charge is 2.01. The molecule has 0 unspecified atom stereocenters. The highest BCUT2D eigenvalue weighted by atomic mass is 32.1. The lowest BCUT2D eigenvalue weighted by Gasteiger charge is -1.92. The average molecular weight is 188 g/mol. The fraction of sp³-hybridized carbons (Fsp3) is 0. The maximum atomic E-state index is 11.1. The molecule has 13 heavy (non-hydrogen) atoms. The standard InChI is InChI=1S/C9H4N2OS/c10-5-7-1-3-8(4-2-7)9(12)11-6-13/h1-4H. The molecule has 0 heterocycles. The molecule has 0 aliphatic heterocycles. The summed E-state index contributed by atoms with van der Waals surface area (Å²) in [6.45, 7) is 0. The summed E-state index contributed by atoms with van der Waals surface area (Å²) in [5, 5.41) is 10.5. The molecule has 0 radical (unpaired) electrons. The number of nitrogens with zero attached hydrogens (tertiary/aromatic N) is 2. The Bertz CT molecular complexity index is 410. The largest absolute Gasteiger partial charge is 0.285 e. The molecule has 0 fully saturated rings. The fourth-order valence-electron chi connectivity index (χ4n) is 0.793. The van der Waals surface area contributed by atoms with Gasteiger partial charge in [0, 0.05) is 5.56 Å². The van der Waals surface area contributed by atoms with Crippen molar-refractivity contribution in [1.29, 1.82) is 5.26 Å². The fourth-order valence-corrected chi connectivity index (χ4v) is 0.876. The van der Waals surface area contributed by atoms with E-state index in [0.717, 1.165) is 0 Å². The topological polar surface area (TPSA) is 53.2 Å². The molecule has 1 rings (SSSR count). The molecule has 0 atom stereocenters. The maximum absolute atomic E-state index is 11.1. The molecule has 1 aromatic rings. The molecule has 0 saturated heterocycles.